The van der Waals surface area contributed by atoms with Crippen LogP contribution in [0, 0.1) is 0 Å². The second-order valence-corrected chi connectivity index (χ2v) is 12.7. The van der Waals surface area contributed by atoms with Gasteiger partial charge in [-0.25, -0.2) is 0 Å². The van der Waals surface area contributed by atoms with Crippen LogP contribution in [0.15, 0.2) is 72.8 Å². The van der Waals surface area contributed by atoms with E-state index >= 15 is 0 Å². The van der Waals surface area contributed by atoms with Crippen molar-refractivity contribution in [2.24, 2.45) is 0 Å². The van der Waals surface area contributed by atoms with E-state index in [1.165, 1.54) is 0 Å². The minimum atomic E-state index is -2.95. The molecule has 1 saturated heterocycles. The van der Waals surface area contributed by atoms with Crippen LogP contribution in [-0.4, -0.2) is 71.3 Å². The maximum atomic E-state index is 13.7. The van der Waals surface area contributed by atoms with Crippen molar-refractivity contribution in [3.05, 3.63) is 89.5 Å². The van der Waals surface area contributed by atoms with Gasteiger partial charge in [-0.15, -0.1) is 23.2 Å². The molecule has 1 heterocycles. The summed E-state index contributed by atoms with van der Waals surface area (Å²) in [6, 6.07) is 22.4. The number of aliphatic hydroxyl groups is 1. The number of anilines is 2. The van der Waals surface area contributed by atoms with Crippen molar-refractivity contribution in [2.45, 2.75) is 44.8 Å². The number of carbonyl (C=O) groups excluding carboxylic acids is 1. The van der Waals surface area contributed by atoms with Gasteiger partial charge in [0.2, 0.25) is 0 Å². The Bertz CT molecular complexity index is 1300. The zero-order valence-electron chi connectivity index (χ0n) is 24.9. The second kappa shape index (κ2) is 16.7. The number of hydrogen-bond acceptors (Lipinski definition) is 8. The van der Waals surface area contributed by atoms with E-state index in [0.717, 1.165) is 41.8 Å². The Labute approximate surface area is 262 Å². The van der Waals surface area contributed by atoms with E-state index in [9.17, 15) is 19.0 Å². The van der Waals surface area contributed by atoms with Crippen LogP contribution in [0.25, 0.3) is 0 Å². The standard InChI is InChI=1S/C32H44N4O5S.ClH/c1-3-34-27-20-26(21-28(22-27)36-16-7-8-17-42(36,39)40)32(38)35-30(19-24-10-5-4-6-11-24)31(37)23-33-15-14-25-12-9-13-29(18-25)41-2;/h4-6,9-13,18,20-22,30-31,33-34,37,39-40H,3,7-8,14-17,19,23H2,1-2H3,(H,35,38);1H/t30-,31-;/m0./s1. The van der Waals surface area contributed by atoms with Crippen molar-refractivity contribution in [3.8, 4) is 5.75 Å². The van der Waals surface area contributed by atoms with Crippen molar-refractivity contribution >= 4 is 40.5 Å². The number of amides is 1. The SMILES string of the molecule is CCNc1cc(C(=O)N[C@@H](Cc2ccccc2)[C@@H](O)CNCCc2cccc(OC)c2)cc(N2CCCCS2(O)O)c1.Cl. The first-order valence-electron chi connectivity index (χ1n) is 14.6. The number of nitrogens with zero attached hydrogens (tertiary/aromatic N) is 1. The molecule has 9 nitrogen and oxygen atoms in total. The summed E-state index contributed by atoms with van der Waals surface area (Å²) in [5, 5.41) is 20.9. The van der Waals surface area contributed by atoms with E-state index in [2.05, 4.69) is 16.0 Å². The molecule has 3 aromatic carbocycles. The highest BCUT2D eigenvalue weighted by Crippen LogP contribution is 2.50. The summed E-state index contributed by atoms with van der Waals surface area (Å²) in [7, 11) is -1.30. The Morgan fingerprint density at radius 1 is 1.02 bits per heavy atom. The van der Waals surface area contributed by atoms with Crippen LogP contribution in [0.2, 0.25) is 0 Å². The normalized spacial score (nSPS) is 16.3. The minimum absolute atomic E-state index is 0. The van der Waals surface area contributed by atoms with Crippen molar-refractivity contribution in [2.75, 3.05) is 48.7 Å². The zero-order chi connectivity index (χ0) is 30.0. The highest BCUT2D eigenvalue weighted by Gasteiger charge is 2.28. The largest absolute Gasteiger partial charge is 0.497 e. The molecule has 2 atom stereocenters. The quantitative estimate of drug-likeness (QED) is 0.131. The molecular formula is C32H45ClN4O5S. The Kier molecular flexibility index (Phi) is 13.4. The van der Waals surface area contributed by atoms with Crippen LogP contribution in [0.3, 0.4) is 0 Å². The molecule has 0 aliphatic carbocycles. The molecule has 11 heteroatoms. The fraction of sp³-hybridized carbons (Fsp3) is 0.406. The van der Waals surface area contributed by atoms with Gasteiger partial charge in [-0.1, -0.05) is 42.5 Å². The van der Waals surface area contributed by atoms with Gasteiger partial charge in [0.25, 0.3) is 5.91 Å². The molecule has 0 radical (unpaired) electrons. The second-order valence-electron chi connectivity index (χ2n) is 10.6. The molecule has 0 saturated carbocycles. The summed E-state index contributed by atoms with van der Waals surface area (Å²) >= 11 is 0. The lowest BCUT2D eigenvalue weighted by atomic mass is 10.00. The maximum absolute atomic E-state index is 13.7. The van der Waals surface area contributed by atoms with Gasteiger partial charge in [0.15, 0.2) is 0 Å². The highest BCUT2D eigenvalue weighted by molar-refractivity contribution is 8.25. The molecule has 0 unspecified atom stereocenters. The molecule has 0 bridgehead atoms. The molecule has 1 aliphatic rings. The van der Waals surface area contributed by atoms with E-state index in [-0.39, 0.29) is 18.3 Å². The summed E-state index contributed by atoms with van der Waals surface area (Å²) < 4.78 is 28.4. The Morgan fingerprint density at radius 2 is 1.79 bits per heavy atom. The lowest BCUT2D eigenvalue weighted by Crippen LogP contribution is -2.49. The van der Waals surface area contributed by atoms with Crippen molar-refractivity contribution < 1.29 is 23.7 Å². The molecule has 6 N–H and O–H groups in total. The van der Waals surface area contributed by atoms with E-state index in [1.54, 1.807) is 23.5 Å². The molecule has 1 fully saturated rings. The number of halogens is 1. The van der Waals surface area contributed by atoms with E-state index in [0.29, 0.717) is 49.6 Å². The monoisotopic (exact) mass is 632 g/mol. The number of methoxy groups -OCH3 is 1. The molecule has 3 aromatic rings. The molecule has 43 heavy (non-hydrogen) atoms. The number of benzene rings is 3. The molecule has 236 valence electrons. The molecule has 1 aliphatic heterocycles. The molecular weight excluding hydrogens is 588 g/mol. The van der Waals surface area contributed by atoms with Crippen LogP contribution in [0.5, 0.6) is 5.75 Å². The molecule has 4 rings (SSSR count). The number of ether oxygens (including phenoxy) is 1. The minimum Gasteiger partial charge on any atom is -0.497 e. The van der Waals surface area contributed by atoms with E-state index in [1.807, 2.05) is 67.6 Å². The van der Waals surface area contributed by atoms with Crippen LogP contribution < -0.4 is 25.0 Å². The van der Waals surface area contributed by atoms with Gasteiger partial charge in [0.1, 0.15) is 5.75 Å². The van der Waals surface area contributed by atoms with Crippen molar-refractivity contribution in [1.82, 2.24) is 10.6 Å². The third kappa shape index (κ3) is 10.0. The van der Waals surface area contributed by atoms with Gasteiger partial charge in [0, 0.05) is 30.9 Å². The molecule has 0 aromatic heterocycles. The smallest absolute Gasteiger partial charge is 0.251 e. The van der Waals surface area contributed by atoms with Gasteiger partial charge in [-0.2, -0.15) is 0 Å². The summed E-state index contributed by atoms with van der Waals surface area (Å²) in [6.45, 7) is 4.09. The number of aliphatic hydroxyl groups excluding tert-OH is 1. The molecule has 0 spiro atoms. The van der Waals surface area contributed by atoms with Gasteiger partial charge in [0.05, 0.1) is 30.7 Å². The highest BCUT2D eigenvalue weighted by atomic mass is 35.5. The average Bonchev–Trinajstić information content (AvgIpc) is 2.99. The lowest BCUT2D eigenvalue weighted by molar-refractivity contribution is 0.0831. The first kappa shape index (κ1) is 34.5. The number of nitrogens with one attached hydrogen (secondary N) is 3. The summed E-state index contributed by atoms with van der Waals surface area (Å²) in [4.78, 5) is 13.7. The van der Waals surface area contributed by atoms with Crippen LogP contribution in [0.1, 0.15) is 41.3 Å². The number of carbonyl (C=O) groups is 1. The third-order valence-electron chi connectivity index (χ3n) is 7.39. The Hall–Kier alpha value is -2.99. The average molecular weight is 633 g/mol. The zero-order valence-corrected chi connectivity index (χ0v) is 26.5. The van der Waals surface area contributed by atoms with Gasteiger partial charge in [-0.3, -0.25) is 18.2 Å². The molecule has 1 amide bonds. The lowest BCUT2D eigenvalue weighted by Gasteiger charge is -2.47. The third-order valence-corrected chi connectivity index (χ3v) is 9.32. The first-order chi connectivity index (χ1) is 20.3. The first-order valence-corrected chi connectivity index (χ1v) is 16.3. The van der Waals surface area contributed by atoms with Crippen LogP contribution in [-0.2, 0) is 12.8 Å². The van der Waals surface area contributed by atoms with Gasteiger partial charge < -0.3 is 25.8 Å². The maximum Gasteiger partial charge on any atom is 0.251 e. The van der Waals surface area contributed by atoms with Crippen LogP contribution >= 0.6 is 23.2 Å². The fourth-order valence-electron chi connectivity index (χ4n) is 5.15. The fourth-order valence-corrected chi connectivity index (χ4v) is 6.83. The van der Waals surface area contributed by atoms with Gasteiger partial charge in [-0.05, 0) is 80.6 Å². The van der Waals surface area contributed by atoms with E-state index in [4.69, 9.17) is 4.74 Å². The Morgan fingerprint density at radius 3 is 2.51 bits per heavy atom. The predicted octanol–water partition coefficient (Wildman–Crippen LogP) is 5.35. The summed E-state index contributed by atoms with van der Waals surface area (Å²) in [5.41, 5.74) is 3.84. The van der Waals surface area contributed by atoms with E-state index < -0.39 is 22.9 Å². The summed E-state index contributed by atoms with van der Waals surface area (Å²) in [5.74, 6) is 0.793. The van der Waals surface area contributed by atoms with Crippen LogP contribution in [0.4, 0.5) is 11.4 Å². The number of hydrogen-bond donors (Lipinski definition) is 6. The number of rotatable bonds is 14. The predicted molar refractivity (Wildman–Crippen MR) is 179 cm³/mol. The van der Waals surface area contributed by atoms with Gasteiger partial charge >= 0.3 is 0 Å². The summed E-state index contributed by atoms with van der Waals surface area (Å²) in [6.07, 6.45) is 1.99. The topological polar surface area (TPSA) is 126 Å². The Balaban J connectivity index is 0.00000506. The van der Waals surface area contributed by atoms with Crippen molar-refractivity contribution in [3.63, 3.8) is 0 Å². The van der Waals surface area contributed by atoms with Crippen molar-refractivity contribution in [1.29, 1.82) is 0 Å².